The molecular formula is C11H9F4NO6S. The number of sulfone groups is 1. The molecule has 0 radical (unpaired) electrons. The van der Waals surface area contributed by atoms with Crippen LogP contribution in [0.15, 0.2) is 29.2 Å². The van der Waals surface area contributed by atoms with Crippen molar-refractivity contribution >= 4 is 21.5 Å². The molecule has 23 heavy (non-hydrogen) atoms. The second kappa shape index (κ2) is 6.89. The van der Waals surface area contributed by atoms with Gasteiger partial charge in [-0.05, 0) is 6.07 Å². The van der Waals surface area contributed by atoms with E-state index >= 15 is 0 Å². The minimum absolute atomic E-state index is 0.817. The largest absolute Gasteiger partial charge is 0.458 e. The van der Waals surface area contributed by atoms with E-state index in [1.807, 2.05) is 0 Å². The molecule has 1 rings (SSSR count). The Labute approximate surface area is 126 Å². The van der Waals surface area contributed by atoms with E-state index in [9.17, 15) is 40.9 Å². The molecule has 0 bridgehead atoms. The van der Waals surface area contributed by atoms with Gasteiger partial charge in [0.2, 0.25) is 0 Å². The number of hydrogen-bond acceptors (Lipinski definition) is 6. The number of nitro benzene ring substituents is 1. The van der Waals surface area contributed by atoms with Gasteiger partial charge in [0.15, 0.2) is 22.2 Å². The Morgan fingerprint density at radius 2 is 1.87 bits per heavy atom. The number of carbonyl (C=O) groups is 1. The number of rotatable bonds is 7. The molecule has 0 heterocycles. The summed E-state index contributed by atoms with van der Waals surface area (Å²) in [7, 11) is -4.57. The fourth-order valence-corrected chi connectivity index (χ4v) is 2.68. The van der Waals surface area contributed by atoms with Gasteiger partial charge < -0.3 is 4.74 Å². The van der Waals surface area contributed by atoms with Crippen LogP contribution in [0, 0.1) is 10.1 Å². The van der Waals surface area contributed by atoms with Crippen LogP contribution in [-0.2, 0) is 19.4 Å². The van der Waals surface area contributed by atoms with Crippen LogP contribution < -0.4 is 0 Å². The van der Waals surface area contributed by atoms with Gasteiger partial charge in [-0.3, -0.25) is 14.9 Å². The molecule has 0 saturated carbocycles. The topological polar surface area (TPSA) is 104 Å². The molecule has 0 aliphatic rings. The Morgan fingerprint density at radius 3 is 2.39 bits per heavy atom. The molecule has 12 heteroatoms. The number of halogens is 4. The van der Waals surface area contributed by atoms with E-state index in [1.165, 1.54) is 6.07 Å². The van der Waals surface area contributed by atoms with Gasteiger partial charge in [0.25, 0.3) is 5.69 Å². The molecule has 0 spiro atoms. The number of nitro groups is 1. The minimum atomic E-state index is -4.63. The third-order valence-corrected chi connectivity index (χ3v) is 4.08. The molecule has 0 unspecified atom stereocenters. The summed E-state index contributed by atoms with van der Waals surface area (Å²) < 4.78 is 76.5. The molecule has 0 atom stereocenters. The van der Waals surface area contributed by atoms with E-state index in [1.54, 1.807) is 0 Å². The Bertz CT molecular complexity index is 706. The van der Waals surface area contributed by atoms with E-state index in [0.29, 0.717) is 0 Å². The normalized spacial score (nSPS) is 12.2. The average Bonchev–Trinajstić information content (AvgIpc) is 2.44. The van der Waals surface area contributed by atoms with Crippen molar-refractivity contribution in [1.82, 2.24) is 0 Å². The van der Waals surface area contributed by atoms with E-state index in [2.05, 4.69) is 4.74 Å². The lowest BCUT2D eigenvalue weighted by Crippen LogP contribution is -2.34. The van der Waals surface area contributed by atoms with Crippen molar-refractivity contribution in [3.05, 3.63) is 34.4 Å². The highest BCUT2D eigenvalue weighted by atomic mass is 32.2. The van der Waals surface area contributed by atoms with E-state index in [-0.39, 0.29) is 0 Å². The highest BCUT2D eigenvalue weighted by Gasteiger charge is 2.42. The van der Waals surface area contributed by atoms with Crippen molar-refractivity contribution in [2.45, 2.75) is 17.2 Å². The fraction of sp³-hybridized carbons (Fsp3) is 0.364. The number of alkyl halides is 4. The summed E-state index contributed by atoms with van der Waals surface area (Å²) in [6, 6.07) is 4.03. The van der Waals surface area contributed by atoms with Crippen molar-refractivity contribution < 1.29 is 40.4 Å². The lowest BCUT2D eigenvalue weighted by molar-refractivity contribution is -0.387. The summed E-state index contributed by atoms with van der Waals surface area (Å²) in [5.41, 5.74) is -0.821. The maximum atomic E-state index is 12.6. The second-order valence-electron chi connectivity index (χ2n) is 4.21. The first-order valence-corrected chi connectivity index (χ1v) is 7.40. The minimum Gasteiger partial charge on any atom is -0.458 e. The summed E-state index contributed by atoms with van der Waals surface area (Å²) in [5.74, 6) is -7.86. The maximum Gasteiger partial charge on any atom is 0.340 e. The van der Waals surface area contributed by atoms with E-state index in [0.717, 1.165) is 18.2 Å². The number of carbonyl (C=O) groups excluding carboxylic acids is 1. The third kappa shape index (κ3) is 4.87. The number of ether oxygens (including phenoxy) is 1. The Hall–Kier alpha value is -2.24. The highest BCUT2D eigenvalue weighted by molar-refractivity contribution is 7.92. The monoisotopic (exact) mass is 359 g/mol. The zero-order valence-electron chi connectivity index (χ0n) is 11.1. The molecule has 7 nitrogen and oxygen atoms in total. The van der Waals surface area contributed by atoms with Crippen molar-refractivity contribution in [3.8, 4) is 0 Å². The van der Waals surface area contributed by atoms with Gasteiger partial charge in [0, 0.05) is 6.07 Å². The molecule has 0 N–H and O–H groups in total. The molecule has 0 aromatic heterocycles. The van der Waals surface area contributed by atoms with Crippen LogP contribution in [0.4, 0.5) is 23.2 Å². The van der Waals surface area contributed by atoms with Gasteiger partial charge in [-0.2, -0.15) is 8.78 Å². The Kier molecular flexibility index (Phi) is 5.64. The molecule has 0 saturated heterocycles. The summed E-state index contributed by atoms with van der Waals surface area (Å²) in [6.07, 6.45) is -4.10. The first-order chi connectivity index (χ1) is 10.5. The maximum absolute atomic E-state index is 12.6. The molecular weight excluding hydrogens is 350 g/mol. The van der Waals surface area contributed by atoms with Crippen LogP contribution in [0.25, 0.3) is 0 Å². The molecule has 1 aromatic carbocycles. The zero-order valence-corrected chi connectivity index (χ0v) is 11.9. The summed E-state index contributed by atoms with van der Waals surface area (Å²) >= 11 is 0. The van der Waals surface area contributed by atoms with Gasteiger partial charge in [-0.25, -0.2) is 17.2 Å². The highest BCUT2D eigenvalue weighted by Crippen LogP contribution is 2.25. The predicted molar refractivity (Wildman–Crippen MR) is 67.1 cm³/mol. The molecule has 0 aliphatic heterocycles. The van der Waals surface area contributed by atoms with Crippen molar-refractivity contribution in [2.75, 3.05) is 12.4 Å². The molecule has 0 fully saturated rings. The van der Waals surface area contributed by atoms with Gasteiger partial charge in [-0.15, -0.1) is 0 Å². The van der Waals surface area contributed by atoms with E-state index < -0.39 is 56.0 Å². The molecule has 0 aliphatic carbocycles. The standard InChI is InChI=1S/C11H9F4NO6S/c12-10(13)11(14,15)6-22-9(17)5-23(20,21)8-4-2-1-3-7(8)16(18)19/h1-4,10H,5-6H2. The lowest BCUT2D eigenvalue weighted by Gasteiger charge is -2.15. The van der Waals surface area contributed by atoms with Gasteiger partial charge in [-0.1, -0.05) is 12.1 Å². The van der Waals surface area contributed by atoms with Crippen molar-refractivity contribution in [3.63, 3.8) is 0 Å². The summed E-state index contributed by atoms with van der Waals surface area (Å²) in [6.45, 7) is -2.00. The second-order valence-corrected chi connectivity index (χ2v) is 6.16. The van der Waals surface area contributed by atoms with Crippen LogP contribution in [0.3, 0.4) is 0 Å². The SMILES string of the molecule is O=C(CS(=O)(=O)c1ccccc1[N+](=O)[O-])OCC(F)(F)C(F)F. The number of esters is 1. The predicted octanol–water partition coefficient (Wildman–Crippen LogP) is 1.81. The van der Waals surface area contributed by atoms with Crippen LogP contribution in [0.1, 0.15) is 0 Å². The summed E-state index contributed by atoms with van der Waals surface area (Å²) in [5, 5.41) is 10.7. The van der Waals surface area contributed by atoms with Gasteiger partial charge >= 0.3 is 18.3 Å². The Morgan fingerprint density at radius 1 is 1.30 bits per heavy atom. The number of benzene rings is 1. The van der Waals surface area contributed by atoms with Crippen LogP contribution >= 0.6 is 0 Å². The van der Waals surface area contributed by atoms with Crippen LogP contribution in [0.2, 0.25) is 0 Å². The van der Waals surface area contributed by atoms with Gasteiger partial charge in [0.05, 0.1) is 4.92 Å². The van der Waals surface area contributed by atoms with E-state index in [4.69, 9.17) is 0 Å². The first-order valence-electron chi connectivity index (χ1n) is 5.75. The zero-order chi connectivity index (χ0) is 17.8. The van der Waals surface area contributed by atoms with Crippen molar-refractivity contribution in [1.29, 1.82) is 0 Å². The Balaban J connectivity index is 2.88. The number of hydrogen-bond donors (Lipinski definition) is 0. The molecule has 0 amide bonds. The summed E-state index contributed by atoms with van der Waals surface area (Å²) in [4.78, 5) is 20.1. The molecule has 1 aromatic rings. The number of nitrogens with zero attached hydrogens (tertiary/aromatic N) is 1. The molecule has 128 valence electrons. The smallest absolute Gasteiger partial charge is 0.340 e. The first kappa shape index (κ1) is 18.8. The van der Waals surface area contributed by atoms with Crippen LogP contribution in [-0.4, -0.2) is 44.0 Å². The quantitative estimate of drug-likeness (QED) is 0.318. The lowest BCUT2D eigenvalue weighted by atomic mass is 10.3. The third-order valence-electron chi connectivity index (χ3n) is 2.45. The van der Waals surface area contributed by atoms with Gasteiger partial charge in [0.1, 0.15) is 4.90 Å². The van der Waals surface area contributed by atoms with Crippen molar-refractivity contribution in [2.24, 2.45) is 0 Å². The number of para-hydroxylation sites is 1. The van der Waals surface area contributed by atoms with Crippen LogP contribution in [0.5, 0.6) is 0 Å². The fourth-order valence-electron chi connectivity index (χ4n) is 1.39. The average molecular weight is 359 g/mol.